The van der Waals surface area contributed by atoms with Crippen LogP contribution in [-0.2, 0) is 4.79 Å². The smallest absolute Gasteiger partial charge is 0.268 e. The zero-order chi connectivity index (χ0) is 10.5. The summed E-state index contributed by atoms with van der Waals surface area (Å²) in [6.45, 7) is 1.03. The number of hydrogen-bond acceptors (Lipinski definition) is 3. The SMILES string of the molecule is CN1C=CN(C)C1.O=CS(F)(F)F. The Bertz CT molecular complexity index is 185. The van der Waals surface area contributed by atoms with Gasteiger partial charge in [0.15, 0.2) is 0 Å². The molecule has 1 aliphatic rings. The molecule has 78 valence electrons. The first-order chi connectivity index (χ1) is 5.85. The molecule has 0 aromatic carbocycles. The summed E-state index contributed by atoms with van der Waals surface area (Å²) in [5, 5.41) is 0. The van der Waals surface area contributed by atoms with Gasteiger partial charge in [0.25, 0.3) is 11.2 Å². The van der Waals surface area contributed by atoms with Crippen LogP contribution in [0.5, 0.6) is 0 Å². The molecule has 3 nitrogen and oxygen atoms in total. The molecule has 7 heteroatoms. The minimum atomic E-state index is -5.34. The Labute approximate surface area is 77.0 Å². The summed E-state index contributed by atoms with van der Waals surface area (Å²) in [5.74, 6) is 0. The van der Waals surface area contributed by atoms with Crippen LogP contribution in [0.2, 0.25) is 0 Å². The Morgan fingerprint density at radius 1 is 1.23 bits per heavy atom. The van der Waals surface area contributed by atoms with Crippen LogP contribution < -0.4 is 0 Å². The fraction of sp³-hybridized carbons (Fsp3) is 0.500. The van der Waals surface area contributed by atoms with E-state index in [0.29, 0.717) is 0 Å². The first-order valence-electron chi connectivity index (χ1n) is 3.31. The molecule has 0 spiro atoms. The van der Waals surface area contributed by atoms with Gasteiger partial charge in [0.05, 0.1) is 6.67 Å². The van der Waals surface area contributed by atoms with Crippen LogP contribution in [-0.4, -0.2) is 36.2 Å². The molecule has 0 unspecified atom stereocenters. The molecule has 0 aliphatic carbocycles. The van der Waals surface area contributed by atoms with Gasteiger partial charge in [0.2, 0.25) is 5.62 Å². The number of nitrogens with zero attached hydrogens (tertiary/aromatic N) is 2. The van der Waals surface area contributed by atoms with E-state index in [-0.39, 0.29) is 0 Å². The minimum absolute atomic E-state index is 0.979. The van der Waals surface area contributed by atoms with Gasteiger partial charge in [0, 0.05) is 26.5 Å². The Balaban J connectivity index is 0.000000226. The van der Waals surface area contributed by atoms with Crippen LogP contribution in [0.3, 0.4) is 0 Å². The standard InChI is InChI=1S/C5H10N2.CHF3OS/c1-6-3-4-7(2)5-6;2-6(3,4)1-5/h3-4H,5H2,1-2H3;1H. The molecular weight excluding hydrogens is 205 g/mol. The molecule has 0 atom stereocenters. The summed E-state index contributed by atoms with van der Waals surface area (Å²) in [7, 11) is 4.11. The Hall–Kier alpha value is -0.850. The second-order valence-electron chi connectivity index (χ2n) is 2.49. The topological polar surface area (TPSA) is 23.6 Å². The molecule has 0 amide bonds. The molecule has 0 saturated heterocycles. The summed E-state index contributed by atoms with van der Waals surface area (Å²) in [4.78, 5) is 13.0. The van der Waals surface area contributed by atoms with Crippen molar-refractivity contribution in [2.45, 2.75) is 0 Å². The zero-order valence-corrected chi connectivity index (χ0v) is 8.10. The maximum Gasteiger partial charge on any atom is 0.268 e. The number of carbonyl (C=O) groups excluding carboxylic acids is 1. The molecule has 13 heavy (non-hydrogen) atoms. The minimum Gasteiger partial charge on any atom is -0.362 e. The summed E-state index contributed by atoms with van der Waals surface area (Å²) in [6.07, 6.45) is 4.11. The van der Waals surface area contributed by atoms with Crippen molar-refractivity contribution in [1.82, 2.24) is 9.80 Å². The van der Waals surface area contributed by atoms with Crippen molar-refractivity contribution in [3.63, 3.8) is 0 Å². The highest BCUT2D eigenvalue weighted by Gasteiger charge is 2.17. The molecule has 0 fully saturated rings. The van der Waals surface area contributed by atoms with Crippen LogP contribution in [0, 0.1) is 0 Å². The fourth-order valence-corrected chi connectivity index (χ4v) is 0.674. The van der Waals surface area contributed by atoms with E-state index in [1.54, 1.807) is 0 Å². The second-order valence-corrected chi connectivity index (χ2v) is 3.57. The fourth-order valence-electron chi connectivity index (χ4n) is 0.674. The molecule has 0 N–H and O–H groups in total. The van der Waals surface area contributed by atoms with Gasteiger partial charge in [-0.2, -0.15) is 0 Å². The van der Waals surface area contributed by atoms with E-state index in [0.717, 1.165) is 6.67 Å². The molecule has 0 bridgehead atoms. The van der Waals surface area contributed by atoms with Gasteiger partial charge in [-0.25, -0.2) is 0 Å². The summed E-state index contributed by atoms with van der Waals surface area (Å²) in [5.41, 5.74) is -0.979. The van der Waals surface area contributed by atoms with Gasteiger partial charge in [-0.1, -0.05) is 0 Å². The third kappa shape index (κ3) is 7.51. The normalized spacial score (nSPS) is 16.7. The molecular formula is C6H11F3N2OS. The maximum atomic E-state index is 10.5. The van der Waals surface area contributed by atoms with Crippen LogP contribution in [0.4, 0.5) is 11.7 Å². The van der Waals surface area contributed by atoms with Crippen molar-refractivity contribution in [3.8, 4) is 0 Å². The van der Waals surface area contributed by atoms with E-state index in [4.69, 9.17) is 4.79 Å². The van der Waals surface area contributed by atoms with Crippen molar-refractivity contribution in [2.24, 2.45) is 0 Å². The lowest BCUT2D eigenvalue weighted by atomic mass is 10.9. The molecule has 1 aliphatic heterocycles. The largest absolute Gasteiger partial charge is 0.362 e. The number of carbonyl (C=O) groups is 1. The molecule has 1 heterocycles. The quantitative estimate of drug-likeness (QED) is 0.626. The third-order valence-electron chi connectivity index (χ3n) is 1.13. The van der Waals surface area contributed by atoms with Crippen molar-refractivity contribution < 1.29 is 16.5 Å². The molecule has 0 aromatic heterocycles. The van der Waals surface area contributed by atoms with Gasteiger partial charge in [-0.3, -0.25) is 4.79 Å². The summed E-state index contributed by atoms with van der Waals surface area (Å²) < 4.78 is 31.5. The van der Waals surface area contributed by atoms with E-state index in [1.807, 2.05) is 0 Å². The van der Waals surface area contributed by atoms with Gasteiger partial charge < -0.3 is 9.80 Å². The van der Waals surface area contributed by atoms with Crippen molar-refractivity contribution >= 4 is 16.8 Å². The first kappa shape index (κ1) is 12.2. The number of hydrogen-bond donors (Lipinski definition) is 0. The lowest BCUT2D eigenvalue weighted by Gasteiger charge is -2.10. The second kappa shape index (κ2) is 5.00. The average Bonchev–Trinajstić information content (AvgIpc) is 2.34. The molecule has 0 radical (unpaired) electrons. The zero-order valence-electron chi connectivity index (χ0n) is 7.28. The van der Waals surface area contributed by atoms with E-state index < -0.39 is 16.8 Å². The first-order valence-corrected chi connectivity index (χ1v) is 4.71. The Morgan fingerprint density at radius 3 is 1.62 bits per heavy atom. The lowest BCUT2D eigenvalue weighted by Crippen LogP contribution is -2.17. The average molecular weight is 216 g/mol. The summed E-state index contributed by atoms with van der Waals surface area (Å²) in [6, 6.07) is 0. The van der Waals surface area contributed by atoms with Gasteiger partial charge in [-0.15, -0.1) is 11.7 Å². The van der Waals surface area contributed by atoms with E-state index >= 15 is 0 Å². The molecule has 0 saturated carbocycles. The third-order valence-corrected chi connectivity index (χ3v) is 1.35. The number of halogens is 3. The van der Waals surface area contributed by atoms with Crippen LogP contribution in [0.1, 0.15) is 0 Å². The molecule has 1 rings (SSSR count). The van der Waals surface area contributed by atoms with Crippen LogP contribution in [0.15, 0.2) is 12.4 Å². The van der Waals surface area contributed by atoms with Gasteiger partial charge in [0.1, 0.15) is 0 Å². The van der Waals surface area contributed by atoms with E-state index in [2.05, 4.69) is 36.3 Å². The van der Waals surface area contributed by atoms with Gasteiger partial charge in [-0.05, 0) is 0 Å². The maximum absolute atomic E-state index is 10.5. The van der Waals surface area contributed by atoms with E-state index in [1.165, 1.54) is 0 Å². The highest BCUT2D eigenvalue weighted by molar-refractivity contribution is 8.32. The van der Waals surface area contributed by atoms with Gasteiger partial charge >= 0.3 is 0 Å². The Kier molecular flexibility index (Phi) is 4.68. The van der Waals surface area contributed by atoms with E-state index in [9.17, 15) is 11.7 Å². The highest BCUT2D eigenvalue weighted by Crippen LogP contribution is 2.49. The lowest BCUT2D eigenvalue weighted by molar-refractivity contribution is 0.340. The highest BCUT2D eigenvalue weighted by atomic mass is 32.3. The summed E-state index contributed by atoms with van der Waals surface area (Å²) >= 11 is -5.34. The van der Waals surface area contributed by atoms with Crippen LogP contribution >= 0.6 is 11.2 Å². The predicted molar refractivity (Wildman–Crippen MR) is 47.2 cm³/mol. The van der Waals surface area contributed by atoms with Crippen LogP contribution in [0.25, 0.3) is 0 Å². The van der Waals surface area contributed by atoms with Crippen molar-refractivity contribution in [1.29, 1.82) is 0 Å². The Morgan fingerprint density at radius 2 is 1.54 bits per heavy atom. The van der Waals surface area contributed by atoms with Crippen molar-refractivity contribution in [3.05, 3.63) is 12.4 Å². The molecule has 0 aromatic rings. The monoisotopic (exact) mass is 216 g/mol. The number of rotatable bonds is 1. The van der Waals surface area contributed by atoms with Crippen molar-refractivity contribution in [2.75, 3.05) is 20.8 Å². The predicted octanol–water partition coefficient (Wildman–Crippen LogP) is 1.93.